The van der Waals surface area contributed by atoms with Gasteiger partial charge in [-0.2, -0.15) is 0 Å². The van der Waals surface area contributed by atoms with Crippen LogP contribution in [0.15, 0.2) is 54.6 Å². The molecule has 1 saturated heterocycles. The Morgan fingerprint density at radius 3 is 2.39 bits per heavy atom. The topological polar surface area (TPSA) is 87.5 Å². The van der Waals surface area contributed by atoms with Crippen molar-refractivity contribution in [2.75, 3.05) is 23.3 Å². The van der Waals surface area contributed by atoms with Gasteiger partial charge in [-0.15, -0.1) is 24.8 Å². The zero-order chi connectivity index (χ0) is 20.6. The molecule has 0 radical (unpaired) electrons. The number of rotatable bonds is 8. The van der Waals surface area contributed by atoms with E-state index in [2.05, 4.69) is 21.6 Å². The monoisotopic (exact) mass is 466 g/mol. The van der Waals surface area contributed by atoms with Crippen LogP contribution >= 0.6 is 24.8 Å². The lowest BCUT2D eigenvalue weighted by Crippen LogP contribution is -2.46. The molecule has 1 heterocycles. The molecule has 0 aromatic heterocycles. The van der Waals surface area contributed by atoms with Crippen LogP contribution in [-0.4, -0.2) is 37.0 Å². The van der Waals surface area contributed by atoms with Crippen LogP contribution in [0.5, 0.6) is 0 Å². The minimum atomic E-state index is -0.639. The Morgan fingerprint density at radius 1 is 1.03 bits per heavy atom. The van der Waals surface area contributed by atoms with Crippen molar-refractivity contribution in [2.45, 2.75) is 44.7 Å². The fraction of sp³-hybridized carbons (Fsp3) is 0.391. The van der Waals surface area contributed by atoms with Crippen LogP contribution in [0.3, 0.4) is 0 Å². The Bertz CT molecular complexity index is 829. The van der Waals surface area contributed by atoms with E-state index in [0.29, 0.717) is 6.42 Å². The molecule has 0 bridgehead atoms. The molecule has 2 atom stereocenters. The van der Waals surface area contributed by atoms with Gasteiger partial charge in [-0.1, -0.05) is 36.4 Å². The Kier molecular flexibility index (Phi) is 11.4. The fourth-order valence-electron chi connectivity index (χ4n) is 3.61. The minimum Gasteiger partial charge on any atom is -0.371 e. The molecular formula is C23H32Cl2N4O2. The largest absolute Gasteiger partial charge is 0.371 e. The first kappa shape index (κ1) is 26.8. The van der Waals surface area contributed by atoms with Crippen molar-refractivity contribution >= 4 is 48.0 Å². The second-order valence-corrected chi connectivity index (χ2v) is 7.70. The average molecular weight is 467 g/mol. The highest BCUT2D eigenvalue weighted by Crippen LogP contribution is 2.23. The Balaban J connectivity index is 0.00000240. The number of hydrogen-bond acceptors (Lipinski definition) is 4. The number of nitrogens with two attached hydrogens (primary N) is 1. The van der Waals surface area contributed by atoms with Gasteiger partial charge in [0.15, 0.2) is 0 Å². The third-order valence-electron chi connectivity index (χ3n) is 5.12. The summed E-state index contributed by atoms with van der Waals surface area (Å²) >= 11 is 0. The van der Waals surface area contributed by atoms with E-state index in [1.54, 1.807) is 0 Å². The Morgan fingerprint density at radius 2 is 1.71 bits per heavy atom. The molecule has 31 heavy (non-hydrogen) atoms. The number of nitrogens with one attached hydrogen (secondary N) is 2. The van der Waals surface area contributed by atoms with Gasteiger partial charge in [0.2, 0.25) is 11.8 Å². The zero-order valence-electron chi connectivity index (χ0n) is 17.8. The smallest absolute Gasteiger partial charge is 0.237 e. The van der Waals surface area contributed by atoms with E-state index in [1.807, 2.05) is 55.5 Å². The molecule has 0 aliphatic carbocycles. The quantitative estimate of drug-likeness (QED) is 0.554. The summed E-state index contributed by atoms with van der Waals surface area (Å²) in [6.45, 7) is 3.93. The van der Waals surface area contributed by atoms with Gasteiger partial charge in [-0.3, -0.25) is 9.59 Å². The second-order valence-electron chi connectivity index (χ2n) is 7.70. The summed E-state index contributed by atoms with van der Waals surface area (Å²) in [4.78, 5) is 27.0. The lowest BCUT2D eigenvalue weighted by molar-refractivity contribution is -0.123. The van der Waals surface area contributed by atoms with Crippen LogP contribution < -0.4 is 21.3 Å². The number of benzene rings is 2. The first-order valence-corrected chi connectivity index (χ1v) is 10.3. The lowest BCUT2D eigenvalue weighted by Gasteiger charge is -2.19. The summed E-state index contributed by atoms with van der Waals surface area (Å²) < 4.78 is 0. The van der Waals surface area contributed by atoms with E-state index in [9.17, 15) is 9.59 Å². The molecule has 2 aromatic carbocycles. The molecule has 6 nitrogen and oxygen atoms in total. The molecule has 0 spiro atoms. The second kappa shape index (κ2) is 13.2. The summed E-state index contributed by atoms with van der Waals surface area (Å²) in [5.74, 6) is -0.377. The summed E-state index contributed by atoms with van der Waals surface area (Å²) in [7, 11) is 0. The molecule has 2 aromatic rings. The third kappa shape index (κ3) is 8.40. The highest BCUT2D eigenvalue weighted by atomic mass is 35.5. The molecule has 1 aliphatic rings. The summed E-state index contributed by atoms with van der Waals surface area (Å²) in [5, 5.41) is 5.77. The Labute approximate surface area is 196 Å². The maximum absolute atomic E-state index is 12.4. The normalized spacial score (nSPS) is 14.6. The number of carbonyl (C=O) groups excluding carboxylic acids is 2. The van der Waals surface area contributed by atoms with Gasteiger partial charge in [0.1, 0.15) is 0 Å². The van der Waals surface area contributed by atoms with Gasteiger partial charge >= 0.3 is 0 Å². The summed E-state index contributed by atoms with van der Waals surface area (Å²) in [6.07, 6.45) is 3.08. The van der Waals surface area contributed by atoms with E-state index in [1.165, 1.54) is 12.8 Å². The van der Waals surface area contributed by atoms with Crippen molar-refractivity contribution in [1.29, 1.82) is 0 Å². The molecule has 2 unspecified atom stereocenters. The number of hydrogen-bond donors (Lipinski definition) is 3. The maximum Gasteiger partial charge on any atom is 0.237 e. The predicted octanol–water partition coefficient (Wildman–Crippen LogP) is 3.53. The van der Waals surface area contributed by atoms with Crippen molar-refractivity contribution in [3.8, 4) is 0 Å². The molecule has 0 saturated carbocycles. The first-order valence-electron chi connectivity index (χ1n) is 10.3. The number of carbonyl (C=O) groups is 2. The SMILES string of the molecule is CC(CC(=O)Nc1cccc(N2CCCC2)c1)NC(=O)C(N)Cc1ccccc1.Cl.Cl. The molecule has 4 N–H and O–H groups in total. The van der Waals surface area contributed by atoms with Gasteiger partial charge in [0.05, 0.1) is 6.04 Å². The first-order chi connectivity index (χ1) is 14.0. The molecule has 2 amide bonds. The van der Waals surface area contributed by atoms with E-state index >= 15 is 0 Å². The average Bonchev–Trinajstić information content (AvgIpc) is 3.23. The number of anilines is 2. The third-order valence-corrected chi connectivity index (χ3v) is 5.12. The van der Waals surface area contributed by atoms with E-state index < -0.39 is 6.04 Å². The van der Waals surface area contributed by atoms with Gasteiger partial charge in [-0.25, -0.2) is 0 Å². The van der Waals surface area contributed by atoms with Crippen LogP contribution in [-0.2, 0) is 16.0 Å². The lowest BCUT2D eigenvalue weighted by atomic mass is 10.1. The van der Waals surface area contributed by atoms with Crippen molar-refractivity contribution < 1.29 is 9.59 Å². The molecular weight excluding hydrogens is 435 g/mol. The predicted molar refractivity (Wildman–Crippen MR) is 131 cm³/mol. The number of amides is 2. The number of halogens is 2. The van der Waals surface area contributed by atoms with E-state index in [0.717, 1.165) is 30.0 Å². The maximum atomic E-state index is 12.4. The zero-order valence-corrected chi connectivity index (χ0v) is 19.4. The highest BCUT2D eigenvalue weighted by molar-refractivity contribution is 5.92. The van der Waals surface area contributed by atoms with E-state index in [4.69, 9.17) is 5.73 Å². The molecule has 1 fully saturated rings. The van der Waals surface area contributed by atoms with Crippen LogP contribution in [0.4, 0.5) is 11.4 Å². The standard InChI is InChI=1S/C23H30N4O2.2ClH/c1-17(25-23(29)21(24)15-18-8-3-2-4-9-18)14-22(28)26-19-10-7-11-20(16-19)27-12-5-6-13-27;;/h2-4,7-11,16-17,21H,5-6,12-15,24H2,1H3,(H,25,29)(H,26,28);2*1H. The molecule has 8 heteroatoms. The summed E-state index contributed by atoms with van der Waals surface area (Å²) in [5.41, 5.74) is 8.93. The molecule has 170 valence electrons. The van der Waals surface area contributed by atoms with Crippen LogP contribution in [0, 0.1) is 0 Å². The van der Waals surface area contributed by atoms with Crippen LogP contribution in [0.1, 0.15) is 31.7 Å². The molecule has 1 aliphatic heterocycles. The van der Waals surface area contributed by atoms with Crippen molar-refractivity contribution in [1.82, 2.24) is 5.32 Å². The van der Waals surface area contributed by atoms with E-state index in [-0.39, 0.29) is 49.1 Å². The molecule has 3 rings (SSSR count). The van der Waals surface area contributed by atoms with Gasteiger partial charge in [0, 0.05) is 36.9 Å². The van der Waals surface area contributed by atoms with Gasteiger partial charge in [0.25, 0.3) is 0 Å². The minimum absolute atomic E-state index is 0. The van der Waals surface area contributed by atoms with Crippen molar-refractivity contribution in [2.24, 2.45) is 5.73 Å². The van der Waals surface area contributed by atoms with Crippen LogP contribution in [0.25, 0.3) is 0 Å². The van der Waals surface area contributed by atoms with Gasteiger partial charge < -0.3 is 21.3 Å². The summed E-state index contributed by atoms with van der Waals surface area (Å²) in [6, 6.07) is 16.6. The number of nitrogens with zero attached hydrogens (tertiary/aromatic N) is 1. The van der Waals surface area contributed by atoms with Crippen LogP contribution in [0.2, 0.25) is 0 Å². The van der Waals surface area contributed by atoms with Gasteiger partial charge in [-0.05, 0) is 49.9 Å². The van der Waals surface area contributed by atoms with Crippen molar-refractivity contribution in [3.63, 3.8) is 0 Å². The highest BCUT2D eigenvalue weighted by Gasteiger charge is 2.18. The fourth-order valence-corrected chi connectivity index (χ4v) is 3.61. The Hall–Kier alpha value is -2.28. The van der Waals surface area contributed by atoms with Crippen molar-refractivity contribution in [3.05, 3.63) is 60.2 Å².